The van der Waals surface area contributed by atoms with E-state index in [0.29, 0.717) is 17.7 Å². The number of Topliss-reactive ketones (excluding diaryl/α,β-unsaturated/α-hetero) is 1. The van der Waals surface area contributed by atoms with Gasteiger partial charge in [0.2, 0.25) is 5.13 Å². The molecule has 3 rings (SSSR count). The summed E-state index contributed by atoms with van der Waals surface area (Å²) in [6, 6.07) is 0.465. The molecule has 1 aromatic rings. The minimum atomic E-state index is 0.408. The molecule has 4 nitrogen and oxygen atoms in total. The molecule has 0 atom stereocenters. The third-order valence-electron chi connectivity index (χ3n) is 3.74. The molecule has 2 aliphatic carbocycles. The van der Waals surface area contributed by atoms with Crippen molar-refractivity contribution >= 4 is 22.4 Å². The van der Waals surface area contributed by atoms with Crippen LogP contribution in [0, 0.1) is 0 Å². The van der Waals surface area contributed by atoms with Crippen LogP contribution in [0.1, 0.15) is 50.3 Å². The molecule has 0 aromatic carbocycles. The van der Waals surface area contributed by atoms with Crippen LogP contribution >= 0.6 is 11.5 Å². The van der Waals surface area contributed by atoms with E-state index in [2.05, 4.69) is 21.3 Å². The molecule has 0 amide bonds. The summed E-state index contributed by atoms with van der Waals surface area (Å²) in [6.07, 6.45) is 5.88. The van der Waals surface area contributed by atoms with E-state index in [1.165, 1.54) is 24.4 Å². The van der Waals surface area contributed by atoms with Gasteiger partial charge in [0.1, 0.15) is 11.6 Å². The van der Waals surface area contributed by atoms with Crippen molar-refractivity contribution in [1.82, 2.24) is 9.36 Å². The molecular formula is C12H17N3OS. The number of aromatic nitrogens is 2. The van der Waals surface area contributed by atoms with Gasteiger partial charge in [-0.3, -0.25) is 4.79 Å². The number of ketones is 1. The van der Waals surface area contributed by atoms with Crippen LogP contribution < -0.4 is 4.90 Å². The lowest BCUT2D eigenvalue weighted by Crippen LogP contribution is -2.35. The molecule has 0 bridgehead atoms. The minimum absolute atomic E-state index is 0.408. The molecule has 92 valence electrons. The maximum absolute atomic E-state index is 11.2. The second-order valence-electron chi connectivity index (χ2n) is 5.09. The summed E-state index contributed by atoms with van der Waals surface area (Å²) in [5, 5.41) is 1.02. The Morgan fingerprint density at radius 1 is 1.24 bits per heavy atom. The summed E-state index contributed by atoms with van der Waals surface area (Å²) in [5.74, 6) is 2.07. The second-order valence-corrected chi connectivity index (χ2v) is 5.82. The van der Waals surface area contributed by atoms with Gasteiger partial charge in [0.25, 0.3) is 0 Å². The Kier molecular flexibility index (Phi) is 2.86. The van der Waals surface area contributed by atoms with Crippen LogP contribution in [0.25, 0.3) is 0 Å². The van der Waals surface area contributed by atoms with Crippen LogP contribution in [0.15, 0.2) is 0 Å². The van der Waals surface area contributed by atoms with Gasteiger partial charge < -0.3 is 4.90 Å². The molecule has 0 spiro atoms. The van der Waals surface area contributed by atoms with Crippen LogP contribution in [0.5, 0.6) is 0 Å². The molecule has 17 heavy (non-hydrogen) atoms. The Morgan fingerprint density at radius 2 is 1.94 bits per heavy atom. The first-order valence-electron chi connectivity index (χ1n) is 6.32. The fraction of sp³-hybridized carbons (Fsp3) is 0.750. The van der Waals surface area contributed by atoms with Gasteiger partial charge in [-0.15, -0.1) is 0 Å². The molecular weight excluding hydrogens is 234 g/mol. The standard InChI is InChI=1S/C12H17N3OS/c1-15(9-4-6-10(16)7-5-9)12-13-11(14-17-12)8-2-3-8/h8-9H,2-7H2,1H3. The molecule has 0 unspecified atom stereocenters. The van der Waals surface area contributed by atoms with Crippen molar-refractivity contribution in [2.75, 3.05) is 11.9 Å². The lowest BCUT2D eigenvalue weighted by atomic mass is 9.94. The van der Waals surface area contributed by atoms with Gasteiger partial charge >= 0.3 is 0 Å². The topological polar surface area (TPSA) is 46.1 Å². The lowest BCUT2D eigenvalue weighted by Gasteiger charge is -2.29. The summed E-state index contributed by atoms with van der Waals surface area (Å²) < 4.78 is 4.43. The molecule has 1 heterocycles. The van der Waals surface area contributed by atoms with E-state index in [0.717, 1.165) is 36.6 Å². The normalized spacial score (nSPS) is 21.8. The highest BCUT2D eigenvalue weighted by molar-refractivity contribution is 7.09. The Hall–Kier alpha value is -0.970. The fourth-order valence-corrected chi connectivity index (χ4v) is 3.12. The maximum Gasteiger partial charge on any atom is 0.205 e. The number of nitrogens with zero attached hydrogens (tertiary/aromatic N) is 3. The number of carbonyl (C=O) groups excluding carboxylic acids is 1. The van der Waals surface area contributed by atoms with Crippen molar-refractivity contribution in [3.63, 3.8) is 0 Å². The van der Waals surface area contributed by atoms with Gasteiger partial charge in [0, 0.05) is 43.4 Å². The highest BCUT2D eigenvalue weighted by Gasteiger charge is 2.29. The third kappa shape index (κ3) is 2.34. The Balaban J connectivity index is 1.67. The zero-order valence-electron chi connectivity index (χ0n) is 10.1. The average molecular weight is 251 g/mol. The highest BCUT2D eigenvalue weighted by Crippen LogP contribution is 2.40. The molecule has 2 aliphatic rings. The first-order chi connectivity index (χ1) is 8.24. The van der Waals surface area contributed by atoms with Crippen molar-refractivity contribution in [3.05, 3.63) is 5.82 Å². The Bertz CT molecular complexity index is 417. The quantitative estimate of drug-likeness (QED) is 0.827. The van der Waals surface area contributed by atoms with E-state index < -0.39 is 0 Å². The lowest BCUT2D eigenvalue weighted by molar-refractivity contribution is -0.120. The largest absolute Gasteiger partial charge is 0.347 e. The van der Waals surface area contributed by atoms with E-state index in [1.807, 2.05) is 0 Å². The van der Waals surface area contributed by atoms with Crippen molar-refractivity contribution in [2.24, 2.45) is 0 Å². The molecule has 0 saturated heterocycles. The van der Waals surface area contributed by atoms with Gasteiger partial charge in [0.05, 0.1) is 0 Å². The predicted molar refractivity (Wildman–Crippen MR) is 67.6 cm³/mol. The average Bonchev–Trinajstić information content (AvgIpc) is 3.07. The molecule has 1 aromatic heterocycles. The smallest absolute Gasteiger partial charge is 0.205 e. The molecule has 0 N–H and O–H groups in total. The van der Waals surface area contributed by atoms with E-state index in [9.17, 15) is 4.79 Å². The van der Waals surface area contributed by atoms with Crippen molar-refractivity contribution in [1.29, 1.82) is 0 Å². The van der Waals surface area contributed by atoms with Gasteiger partial charge in [-0.1, -0.05) is 0 Å². The summed E-state index contributed by atoms with van der Waals surface area (Å²) in [6.45, 7) is 0. The Morgan fingerprint density at radius 3 is 2.59 bits per heavy atom. The summed E-state index contributed by atoms with van der Waals surface area (Å²) in [5.41, 5.74) is 0. The van der Waals surface area contributed by atoms with Crippen LogP contribution in [-0.2, 0) is 4.79 Å². The molecule has 2 fully saturated rings. The number of hydrogen-bond donors (Lipinski definition) is 0. The summed E-state index contributed by atoms with van der Waals surface area (Å²) >= 11 is 1.50. The monoisotopic (exact) mass is 251 g/mol. The number of anilines is 1. The van der Waals surface area contributed by atoms with Gasteiger partial charge in [0.15, 0.2) is 0 Å². The van der Waals surface area contributed by atoms with Crippen molar-refractivity contribution in [3.8, 4) is 0 Å². The zero-order chi connectivity index (χ0) is 11.8. The van der Waals surface area contributed by atoms with Gasteiger partial charge in [-0.25, -0.2) is 4.98 Å². The van der Waals surface area contributed by atoms with Crippen molar-refractivity contribution < 1.29 is 4.79 Å². The van der Waals surface area contributed by atoms with E-state index in [-0.39, 0.29) is 0 Å². The van der Waals surface area contributed by atoms with E-state index >= 15 is 0 Å². The zero-order valence-corrected chi connectivity index (χ0v) is 10.9. The van der Waals surface area contributed by atoms with Gasteiger partial charge in [-0.05, 0) is 25.7 Å². The van der Waals surface area contributed by atoms with Crippen LogP contribution in [0.2, 0.25) is 0 Å². The predicted octanol–water partition coefficient (Wildman–Crippen LogP) is 2.36. The van der Waals surface area contributed by atoms with Crippen LogP contribution in [0.3, 0.4) is 0 Å². The first kappa shape index (κ1) is 11.1. The second kappa shape index (κ2) is 4.37. The fourth-order valence-electron chi connectivity index (χ4n) is 2.35. The number of hydrogen-bond acceptors (Lipinski definition) is 5. The Labute approximate surface area is 105 Å². The maximum atomic E-state index is 11.2. The first-order valence-corrected chi connectivity index (χ1v) is 7.09. The van der Waals surface area contributed by atoms with E-state index in [1.54, 1.807) is 0 Å². The van der Waals surface area contributed by atoms with Crippen molar-refractivity contribution in [2.45, 2.75) is 50.5 Å². The highest BCUT2D eigenvalue weighted by atomic mass is 32.1. The van der Waals surface area contributed by atoms with Gasteiger partial charge in [-0.2, -0.15) is 4.37 Å². The van der Waals surface area contributed by atoms with Crippen LogP contribution in [0.4, 0.5) is 5.13 Å². The minimum Gasteiger partial charge on any atom is -0.347 e. The van der Waals surface area contributed by atoms with E-state index in [4.69, 9.17) is 0 Å². The molecule has 5 heteroatoms. The molecule has 0 radical (unpaired) electrons. The third-order valence-corrected chi connectivity index (χ3v) is 4.56. The van der Waals surface area contributed by atoms with Crippen LogP contribution in [-0.4, -0.2) is 28.2 Å². The SMILES string of the molecule is CN(c1nc(C2CC2)ns1)C1CCC(=O)CC1. The number of carbonyl (C=O) groups is 1. The summed E-state index contributed by atoms with van der Waals surface area (Å²) in [7, 11) is 2.08. The molecule has 0 aliphatic heterocycles. The number of rotatable bonds is 3. The summed E-state index contributed by atoms with van der Waals surface area (Å²) in [4.78, 5) is 18.1. The molecule has 2 saturated carbocycles.